The van der Waals surface area contributed by atoms with Crippen LogP contribution in [0.25, 0.3) is 0 Å². The zero-order valence-corrected chi connectivity index (χ0v) is 15.5. The Kier molecular flexibility index (Phi) is 5.74. The average molecular weight is 372 g/mol. The minimum absolute atomic E-state index is 0.0285. The summed E-state index contributed by atoms with van der Waals surface area (Å²) in [5.41, 5.74) is 6.93. The maximum Gasteiger partial charge on any atom is 0.254 e. The van der Waals surface area contributed by atoms with Crippen LogP contribution in [0.2, 0.25) is 0 Å². The van der Waals surface area contributed by atoms with Gasteiger partial charge in [0.05, 0.1) is 10.6 Å². The van der Waals surface area contributed by atoms with E-state index in [1.807, 2.05) is 18.2 Å². The summed E-state index contributed by atoms with van der Waals surface area (Å²) < 4.78 is 25.5. The molecular weight excluding hydrogens is 348 g/mol. The van der Waals surface area contributed by atoms with Gasteiger partial charge in [-0.3, -0.25) is 4.79 Å². The van der Waals surface area contributed by atoms with Crippen LogP contribution in [0.1, 0.15) is 35.2 Å². The number of rotatable bonds is 5. The second-order valence-corrected chi connectivity index (χ2v) is 8.65. The van der Waals surface area contributed by atoms with Crippen LogP contribution in [-0.2, 0) is 15.6 Å². The third-order valence-electron chi connectivity index (χ3n) is 4.80. The minimum Gasteiger partial charge on any atom is -0.334 e. The van der Waals surface area contributed by atoms with Gasteiger partial charge in [-0.15, -0.1) is 0 Å². The molecule has 1 fully saturated rings. The monoisotopic (exact) mass is 372 g/mol. The first-order chi connectivity index (χ1) is 12.5. The number of nitrogens with zero attached hydrogens (tertiary/aromatic N) is 1. The second-order valence-electron chi connectivity index (χ2n) is 6.66. The van der Waals surface area contributed by atoms with Crippen LogP contribution < -0.4 is 5.73 Å². The first-order valence-electron chi connectivity index (χ1n) is 8.89. The number of sulfone groups is 1. The van der Waals surface area contributed by atoms with Crippen LogP contribution in [0.4, 0.5) is 0 Å². The van der Waals surface area contributed by atoms with Crippen LogP contribution in [-0.4, -0.2) is 38.4 Å². The summed E-state index contributed by atoms with van der Waals surface area (Å²) in [6.07, 6.45) is 2.92. The van der Waals surface area contributed by atoms with Gasteiger partial charge in [-0.2, -0.15) is 0 Å². The number of hydrogen-bond donors (Lipinski definition) is 1. The van der Waals surface area contributed by atoms with E-state index >= 15 is 0 Å². The van der Waals surface area contributed by atoms with Gasteiger partial charge in [0.15, 0.2) is 9.84 Å². The van der Waals surface area contributed by atoms with E-state index < -0.39 is 9.84 Å². The fraction of sp³-hybridized carbons (Fsp3) is 0.350. The highest BCUT2D eigenvalue weighted by molar-refractivity contribution is 7.90. The van der Waals surface area contributed by atoms with E-state index in [1.165, 1.54) is 6.07 Å². The minimum atomic E-state index is -3.51. The Labute approximate surface area is 154 Å². The maximum absolute atomic E-state index is 12.9. The quantitative estimate of drug-likeness (QED) is 0.875. The maximum atomic E-state index is 12.9. The lowest BCUT2D eigenvalue weighted by atomic mass is 10.0. The molecule has 0 spiro atoms. The van der Waals surface area contributed by atoms with Crippen LogP contribution >= 0.6 is 0 Å². The largest absolute Gasteiger partial charge is 0.334 e. The third kappa shape index (κ3) is 4.14. The van der Waals surface area contributed by atoms with Crippen molar-refractivity contribution >= 4 is 15.7 Å². The molecule has 5 nitrogen and oxygen atoms in total. The molecule has 1 atom stereocenters. The molecule has 1 aliphatic rings. The Morgan fingerprint density at radius 3 is 2.58 bits per heavy atom. The van der Waals surface area contributed by atoms with Gasteiger partial charge in [0, 0.05) is 24.7 Å². The number of benzene rings is 2. The molecule has 1 amide bonds. The van der Waals surface area contributed by atoms with E-state index in [-0.39, 0.29) is 22.6 Å². The van der Waals surface area contributed by atoms with Crippen LogP contribution in [0, 0.1) is 0 Å². The molecule has 6 heteroatoms. The lowest BCUT2D eigenvalue weighted by Crippen LogP contribution is -2.47. The van der Waals surface area contributed by atoms with Crippen molar-refractivity contribution in [3.8, 4) is 0 Å². The molecule has 0 radical (unpaired) electrons. The predicted molar refractivity (Wildman–Crippen MR) is 102 cm³/mol. The SMILES string of the molecule is NCC1CCCCN1C(=O)c1cccc(S(=O)(=O)Cc2ccccc2)c1. The molecule has 0 aliphatic carbocycles. The van der Waals surface area contributed by atoms with Gasteiger partial charge in [-0.25, -0.2) is 8.42 Å². The second kappa shape index (κ2) is 8.01. The van der Waals surface area contributed by atoms with Gasteiger partial charge in [0.25, 0.3) is 5.91 Å². The average Bonchev–Trinajstić information content (AvgIpc) is 2.68. The zero-order valence-electron chi connectivity index (χ0n) is 14.7. The van der Waals surface area contributed by atoms with Crippen molar-refractivity contribution in [3.05, 3.63) is 65.7 Å². The van der Waals surface area contributed by atoms with Crippen molar-refractivity contribution in [1.82, 2.24) is 4.90 Å². The molecule has 26 heavy (non-hydrogen) atoms. The summed E-state index contributed by atoms with van der Waals surface area (Å²) >= 11 is 0. The highest BCUT2D eigenvalue weighted by Crippen LogP contribution is 2.22. The summed E-state index contributed by atoms with van der Waals surface area (Å²) in [7, 11) is -3.51. The number of carbonyl (C=O) groups is 1. The van der Waals surface area contributed by atoms with Crippen molar-refractivity contribution in [3.63, 3.8) is 0 Å². The van der Waals surface area contributed by atoms with Gasteiger partial charge in [0.2, 0.25) is 0 Å². The molecule has 3 rings (SSSR count). The summed E-state index contributed by atoms with van der Waals surface area (Å²) in [5.74, 6) is -0.224. The van der Waals surface area contributed by atoms with Gasteiger partial charge < -0.3 is 10.6 Å². The highest BCUT2D eigenvalue weighted by Gasteiger charge is 2.27. The molecule has 0 aromatic heterocycles. The number of likely N-dealkylation sites (tertiary alicyclic amines) is 1. The van der Waals surface area contributed by atoms with Gasteiger partial charge in [-0.1, -0.05) is 36.4 Å². The van der Waals surface area contributed by atoms with Gasteiger partial charge in [-0.05, 0) is 43.0 Å². The van der Waals surface area contributed by atoms with E-state index in [1.54, 1.807) is 35.2 Å². The summed E-state index contributed by atoms with van der Waals surface area (Å²) in [5, 5.41) is 0. The zero-order chi connectivity index (χ0) is 18.6. The number of amides is 1. The molecule has 1 aliphatic heterocycles. The van der Waals surface area contributed by atoms with Crippen LogP contribution in [0.3, 0.4) is 0 Å². The Morgan fingerprint density at radius 1 is 1.08 bits per heavy atom. The first-order valence-corrected chi connectivity index (χ1v) is 10.5. The summed E-state index contributed by atoms with van der Waals surface area (Å²) in [6.45, 7) is 1.10. The van der Waals surface area contributed by atoms with E-state index in [4.69, 9.17) is 5.73 Å². The fourth-order valence-corrected chi connectivity index (χ4v) is 4.77. The molecule has 1 heterocycles. The fourth-order valence-electron chi connectivity index (χ4n) is 3.38. The number of carbonyl (C=O) groups excluding carboxylic acids is 1. The smallest absolute Gasteiger partial charge is 0.254 e. The van der Waals surface area contributed by atoms with E-state index in [9.17, 15) is 13.2 Å². The first kappa shape index (κ1) is 18.6. The molecule has 2 aromatic rings. The molecule has 0 bridgehead atoms. The van der Waals surface area contributed by atoms with Crippen LogP contribution in [0.15, 0.2) is 59.5 Å². The topological polar surface area (TPSA) is 80.5 Å². The molecule has 2 aromatic carbocycles. The van der Waals surface area contributed by atoms with E-state index in [0.717, 1.165) is 24.8 Å². The van der Waals surface area contributed by atoms with Gasteiger partial charge >= 0.3 is 0 Å². The Balaban J connectivity index is 1.84. The van der Waals surface area contributed by atoms with Crippen molar-refractivity contribution in [2.24, 2.45) is 5.73 Å². The van der Waals surface area contributed by atoms with E-state index in [2.05, 4.69) is 0 Å². The molecule has 0 saturated carbocycles. The van der Waals surface area contributed by atoms with Crippen molar-refractivity contribution in [1.29, 1.82) is 0 Å². The molecule has 2 N–H and O–H groups in total. The molecular formula is C20H24N2O3S. The number of hydrogen-bond acceptors (Lipinski definition) is 4. The lowest BCUT2D eigenvalue weighted by molar-refractivity contribution is 0.0623. The Hall–Kier alpha value is -2.18. The van der Waals surface area contributed by atoms with Gasteiger partial charge in [0.1, 0.15) is 0 Å². The Bertz CT molecular complexity index is 866. The van der Waals surface area contributed by atoms with Crippen molar-refractivity contribution < 1.29 is 13.2 Å². The molecule has 138 valence electrons. The normalized spacial score (nSPS) is 17.9. The third-order valence-corrected chi connectivity index (χ3v) is 6.49. The van der Waals surface area contributed by atoms with E-state index in [0.29, 0.717) is 18.7 Å². The Morgan fingerprint density at radius 2 is 1.85 bits per heavy atom. The molecule has 1 unspecified atom stereocenters. The summed E-state index contributed by atoms with van der Waals surface area (Å²) in [4.78, 5) is 14.8. The number of piperidine rings is 1. The standard InChI is InChI=1S/C20H24N2O3S/c21-14-18-10-4-5-12-22(18)20(23)17-9-6-11-19(13-17)26(24,25)15-16-7-2-1-3-8-16/h1-3,6-9,11,13,18H,4-5,10,12,14-15,21H2. The van der Waals surface area contributed by atoms with Crippen molar-refractivity contribution in [2.45, 2.75) is 36.0 Å². The highest BCUT2D eigenvalue weighted by atomic mass is 32.2. The lowest BCUT2D eigenvalue weighted by Gasteiger charge is -2.35. The molecule has 1 saturated heterocycles. The predicted octanol–water partition coefficient (Wildman–Crippen LogP) is 2.61. The van der Waals surface area contributed by atoms with Crippen LogP contribution in [0.5, 0.6) is 0 Å². The summed E-state index contributed by atoms with van der Waals surface area (Å²) in [6, 6.07) is 15.4. The van der Waals surface area contributed by atoms with Crippen molar-refractivity contribution in [2.75, 3.05) is 13.1 Å². The number of nitrogens with two attached hydrogens (primary N) is 1.